The number of carbonyl (C=O) groups is 1. The highest BCUT2D eigenvalue weighted by atomic mass is 35.5. The van der Waals surface area contributed by atoms with Crippen molar-refractivity contribution in [1.29, 1.82) is 0 Å². The minimum atomic E-state index is -0.882. The van der Waals surface area contributed by atoms with Crippen molar-refractivity contribution in [1.82, 2.24) is 15.2 Å². The minimum absolute atomic E-state index is 0.176. The van der Waals surface area contributed by atoms with Crippen LogP contribution in [0.1, 0.15) is 16.6 Å². The Bertz CT molecular complexity index is 687. The van der Waals surface area contributed by atoms with Crippen molar-refractivity contribution in [3.8, 4) is 10.6 Å². The van der Waals surface area contributed by atoms with E-state index in [2.05, 4.69) is 10.3 Å². The molecule has 2 aromatic rings. The second-order valence-corrected chi connectivity index (χ2v) is 6.64. The second kappa shape index (κ2) is 6.24. The van der Waals surface area contributed by atoms with Crippen molar-refractivity contribution in [3.05, 3.63) is 39.9 Å². The van der Waals surface area contributed by atoms with E-state index in [-0.39, 0.29) is 6.04 Å². The first kappa shape index (κ1) is 15.3. The number of halogens is 1. The van der Waals surface area contributed by atoms with E-state index in [0.717, 1.165) is 21.1 Å². The highest BCUT2D eigenvalue weighted by Gasteiger charge is 2.30. The number of nitrogens with one attached hydrogen (secondary N) is 1. The quantitative estimate of drug-likeness (QED) is 0.881. The molecule has 7 heteroatoms. The summed E-state index contributed by atoms with van der Waals surface area (Å²) in [5.41, 5.74) is 1.88. The fourth-order valence-electron chi connectivity index (χ4n) is 2.60. The summed E-state index contributed by atoms with van der Waals surface area (Å²) in [7, 11) is 0. The van der Waals surface area contributed by atoms with Crippen LogP contribution in [0.2, 0.25) is 5.02 Å². The van der Waals surface area contributed by atoms with Crippen molar-refractivity contribution in [2.75, 3.05) is 19.6 Å². The number of rotatable bonds is 2. The summed E-state index contributed by atoms with van der Waals surface area (Å²) in [6.45, 7) is 3.73. The van der Waals surface area contributed by atoms with Gasteiger partial charge in [-0.25, -0.2) is 9.78 Å². The van der Waals surface area contributed by atoms with Crippen LogP contribution in [0.25, 0.3) is 10.6 Å². The Morgan fingerprint density at radius 3 is 2.86 bits per heavy atom. The largest absolute Gasteiger partial charge is 0.465 e. The fraction of sp³-hybridized carbons (Fsp3) is 0.333. The zero-order valence-corrected chi connectivity index (χ0v) is 13.6. The van der Waals surface area contributed by atoms with E-state index >= 15 is 0 Å². The molecular weight excluding hydrogens is 322 g/mol. The number of aryl methyl sites for hydroxylation is 1. The number of hydrogen-bond donors (Lipinski definition) is 2. The molecule has 5 nitrogen and oxygen atoms in total. The van der Waals surface area contributed by atoms with Gasteiger partial charge in [-0.3, -0.25) is 4.90 Å². The SMILES string of the molecule is Cc1nc(-c2ccc(Cl)cc2)sc1C1CNCCN1C(=O)O. The molecule has 2 heterocycles. The molecule has 1 unspecified atom stereocenters. The molecule has 0 radical (unpaired) electrons. The van der Waals surface area contributed by atoms with Gasteiger partial charge in [0.05, 0.1) is 16.6 Å². The Hall–Kier alpha value is -1.63. The number of thiazole rings is 1. The number of benzene rings is 1. The van der Waals surface area contributed by atoms with Crippen molar-refractivity contribution in [2.24, 2.45) is 0 Å². The normalized spacial score (nSPS) is 18.5. The number of aromatic nitrogens is 1. The van der Waals surface area contributed by atoms with Gasteiger partial charge in [0.25, 0.3) is 0 Å². The van der Waals surface area contributed by atoms with Gasteiger partial charge in [0.2, 0.25) is 0 Å². The summed E-state index contributed by atoms with van der Waals surface area (Å²) >= 11 is 7.46. The molecule has 0 aliphatic carbocycles. The van der Waals surface area contributed by atoms with Gasteiger partial charge in [0.15, 0.2) is 0 Å². The van der Waals surface area contributed by atoms with Gasteiger partial charge in [0, 0.05) is 30.2 Å². The van der Waals surface area contributed by atoms with Crippen LogP contribution in [0.4, 0.5) is 4.79 Å². The average molecular weight is 338 g/mol. The van der Waals surface area contributed by atoms with E-state index in [4.69, 9.17) is 11.6 Å². The van der Waals surface area contributed by atoms with Gasteiger partial charge in [0.1, 0.15) is 5.01 Å². The van der Waals surface area contributed by atoms with Crippen LogP contribution in [-0.4, -0.2) is 40.7 Å². The fourth-order valence-corrected chi connectivity index (χ4v) is 3.91. The Morgan fingerprint density at radius 1 is 1.45 bits per heavy atom. The molecule has 1 aromatic carbocycles. The molecule has 116 valence electrons. The third kappa shape index (κ3) is 2.95. The third-order valence-corrected chi connectivity index (χ3v) is 5.28. The zero-order valence-electron chi connectivity index (χ0n) is 12.0. The van der Waals surface area contributed by atoms with Crippen LogP contribution in [0.15, 0.2) is 24.3 Å². The Kier molecular flexibility index (Phi) is 4.33. The number of carboxylic acid groups (broad SMARTS) is 1. The summed E-state index contributed by atoms with van der Waals surface area (Å²) in [5, 5.41) is 14.2. The average Bonchev–Trinajstić information content (AvgIpc) is 2.89. The maximum atomic E-state index is 11.4. The van der Waals surface area contributed by atoms with Crippen molar-refractivity contribution in [2.45, 2.75) is 13.0 Å². The van der Waals surface area contributed by atoms with E-state index in [0.29, 0.717) is 24.7 Å². The van der Waals surface area contributed by atoms with Gasteiger partial charge < -0.3 is 10.4 Å². The molecule has 1 amide bonds. The minimum Gasteiger partial charge on any atom is -0.465 e. The molecular formula is C15H16ClN3O2S. The van der Waals surface area contributed by atoms with Crippen LogP contribution in [0, 0.1) is 6.92 Å². The molecule has 1 aromatic heterocycles. The maximum absolute atomic E-state index is 11.4. The summed E-state index contributed by atoms with van der Waals surface area (Å²) in [6, 6.07) is 7.35. The lowest BCUT2D eigenvalue weighted by Crippen LogP contribution is -2.48. The Labute approximate surface area is 137 Å². The monoisotopic (exact) mass is 337 g/mol. The first-order chi connectivity index (χ1) is 10.6. The van der Waals surface area contributed by atoms with Gasteiger partial charge >= 0.3 is 6.09 Å². The summed E-state index contributed by atoms with van der Waals surface area (Å²) in [4.78, 5) is 18.5. The van der Waals surface area contributed by atoms with Crippen LogP contribution >= 0.6 is 22.9 Å². The van der Waals surface area contributed by atoms with Crippen molar-refractivity contribution < 1.29 is 9.90 Å². The van der Waals surface area contributed by atoms with Crippen LogP contribution < -0.4 is 5.32 Å². The molecule has 1 fully saturated rings. The third-order valence-electron chi connectivity index (χ3n) is 3.72. The predicted octanol–water partition coefficient (Wildman–Crippen LogP) is 3.40. The molecule has 22 heavy (non-hydrogen) atoms. The molecule has 1 atom stereocenters. The number of amides is 1. The van der Waals surface area contributed by atoms with E-state index in [1.807, 2.05) is 31.2 Å². The van der Waals surface area contributed by atoms with E-state index in [1.54, 1.807) is 11.3 Å². The van der Waals surface area contributed by atoms with Gasteiger partial charge in [-0.15, -0.1) is 11.3 Å². The molecule has 0 bridgehead atoms. The van der Waals surface area contributed by atoms with Crippen LogP contribution in [-0.2, 0) is 0 Å². The first-order valence-corrected chi connectivity index (χ1v) is 8.19. The lowest BCUT2D eigenvalue weighted by Gasteiger charge is -2.33. The molecule has 1 saturated heterocycles. The predicted molar refractivity (Wildman–Crippen MR) is 87.6 cm³/mol. The first-order valence-electron chi connectivity index (χ1n) is 7.00. The maximum Gasteiger partial charge on any atom is 0.407 e. The van der Waals surface area contributed by atoms with Gasteiger partial charge in [-0.05, 0) is 19.1 Å². The molecule has 3 rings (SSSR count). The summed E-state index contributed by atoms with van der Waals surface area (Å²) in [5.74, 6) is 0. The van der Waals surface area contributed by atoms with Crippen molar-refractivity contribution in [3.63, 3.8) is 0 Å². The van der Waals surface area contributed by atoms with E-state index in [1.165, 1.54) is 4.90 Å². The van der Waals surface area contributed by atoms with Crippen LogP contribution in [0.5, 0.6) is 0 Å². The molecule has 2 N–H and O–H groups in total. The van der Waals surface area contributed by atoms with E-state index < -0.39 is 6.09 Å². The molecule has 1 aliphatic heterocycles. The Balaban J connectivity index is 1.94. The highest BCUT2D eigenvalue weighted by molar-refractivity contribution is 7.15. The molecule has 0 saturated carbocycles. The van der Waals surface area contributed by atoms with Crippen LogP contribution in [0.3, 0.4) is 0 Å². The lowest BCUT2D eigenvalue weighted by molar-refractivity contribution is 0.113. The Morgan fingerprint density at radius 2 is 2.18 bits per heavy atom. The lowest BCUT2D eigenvalue weighted by atomic mass is 10.1. The standard InChI is InChI=1S/C15H16ClN3O2S/c1-9-13(12-8-17-6-7-19(12)15(20)21)22-14(18-9)10-2-4-11(16)5-3-10/h2-5,12,17H,6-8H2,1H3,(H,20,21). The summed E-state index contributed by atoms with van der Waals surface area (Å²) in [6.07, 6.45) is -0.882. The van der Waals surface area contributed by atoms with Gasteiger partial charge in [-0.2, -0.15) is 0 Å². The number of nitrogens with zero attached hydrogens (tertiary/aromatic N) is 2. The number of hydrogen-bond acceptors (Lipinski definition) is 4. The van der Waals surface area contributed by atoms with Gasteiger partial charge in [-0.1, -0.05) is 23.7 Å². The number of piperazine rings is 1. The second-order valence-electron chi connectivity index (χ2n) is 5.17. The van der Waals surface area contributed by atoms with E-state index in [9.17, 15) is 9.90 Å². The topological polar surface area (TPSA) is 65.5 Å². The smallest absolute Gasteiger partial charge is 0.407 e. The molecule has 1 aliphatic rings. The zero-order chi connectivity index (χ0) is 15.7. The molecule has 0 spiro atoms. The van der Waals surface area contributed by atoms with Crippen molar-refractivity contribution >= 4 is 29.0 Å². The highest BCUT2D eigenvalue weighted by Crippen LogP contribution is 2.35. The summed E-state index contributed by atoms with van der Waals surface area (Å²) < 4.78 is 0.